The first-order valence-electron chi connectivity index (χ1n) is 11.5. The van der Waals surface area contributed by atoms with Crippen molar-refractivity contribution in [2.45, 2.75) is 43.2 Å². The zero-order chi connectivity index (χ0) is 20.6. The highest BCUT2D eigenvalue weighted by Crippen LogP contribution is 2.28. The van der Waals surface area contributed by atoms with E-state index in [1.54, 1.807) is 0 Å². The molecule has 4 rings (SSSR count). The van der Waals surface area contributed by atoms with Crippen molar-refractivity contribution in [3.63, 3.8) is 0 Å². The third-order valence-electron chi connectivity index (χ3n) is 6.38. The van der Waals surface area contributed by atoms with Crippen LogP contribution >= 0.6 is 11.8 Å². The van der Waals surface area contributed by atoms with Gasteiger partial charge in [-0.2, -0.15) is 0 Å². The highest BCUT2D eigenvalue weighted by atomic mass is 32.2. The Kier molecular flexibility index (Phi) is 8.01. The van der Waals surface area contributed by atoms with Crippen molar-refractivity contribution in [3.8, 4) is 0 Å². The molecule has 162 valence electrons. The molecule has 2 fully saturated rings. The monoisotopic (exact) mass is 425 g/mol. The number of piperidine rings is 2. The predicted octanol–water partition coefficient (Wildman–Crippen LogP) is 4.29. The second-order valence-electron chi connectivity index (χ2n) is 8.54. The van der Waals surface area contributed by atoms with E-state index in [-0.39, 0.29) is 0 Å². The lowest BCUT2D eigenvalue weighted by molar-refractivity contribution is 0.227. The first-order valence-corrected chi connectivity index (χ1v) is 12.5. The van der Waals surface area contributed by atoms with Crippen LogP contribution in [0.15, 0.2) is 41.6 Å². The zero-order valence-corrected chi connectivity index (χ0v) is 19.1. The van der Waals surface area contributed by atoms with Crippen molar-refractivity contribution in [1.29, 1.82) is 0 Å². The normalized spacial score (nSPS) is 19.6. The molecule has 2 aliphatic rings. The summed E-state index contributed by atoms with van der Waals surface area (Å²) >= 11 is 1.86. The Morgan fingerprint density at radius 1 is 0.967 bits per heavy atom. The molecule has 0 atom stereocenters. The maximum absolute atomic E-state index is 4.58. The fourth-order valence-electron chi connectivity index (χ4n) is 4.53. The van der Waals surface area contributed by atoms with Crippen LogP contribution in [-0.2, 0) is 7.05 Å². The number of likely N-dealkylation sites (tertiary alicyclic amines) is 2. The number of hydrogen-bond acceptors (Lipinski definition) is 5. The SMILES string of the molecule is Cn1c(SCCN2CCCCC2)nnc1C1CCN(CC=Cc2ccccc2)CC1. The summed E-state index contributed by atoms with van der Waals surface area (Å²) in [6.07, 6.45) is 11.0. The number of benzene rings is 1. The van der Waals surface area contributed by atoms with Crippen molar-refractivity contribution in [1.82, 2.24) is 24.6 Å². The van der Waals surface area contributed by atoms with Crippen LogP contribution in [0.3, 0.4) is 0 Å². The van der Waals surface area contributed by atoms with Gasteiger partial charge in [0.1, 0.15) is 5.82 Å². The van der Waals surface area contributed by atoms with Crippen LogP contribution in [0.4, 0.5) is 0 Å². The summed E-state index contributed by atoms with van der Waals surface area (Å²) in [5.74, 6) is 2.82. The van der Waals surface area contributed by atoms with E-state index in [1.165, 1.54) is 63.1 Å². The smallest absolute Gasteiger partial charge is 0.191 e. The quantitative estimate of drug-likeness (QED) is 0.590. The Balaban J connectivity index is 1.21. The van der Waals surface area contributed by atoms with E-state index in [2.05, 4.69) is 74.1 Å². The van der Waals surface area contributed by atoms with Gasteiger partial charge in [-0.1, -0.05) is 60.7 Å². The molecule has 0 saturated carbocycles. The van der Waals surface area contributed by atoms with E-state index in [9.17, 15) is 0 Å². The van der Waals surface area contributed by atoms with Crippen molar-refractivity contribution in [3.05, 3.63) is 47.8 Å². The maximum Gasteiger partial charge on any atom is 0.191 e. The lowest BCUT2D eigenvalue weighted by Gasteiger charge is -2.30. The molecule has 0 amide bonds. The van der Waals surface area contributed by atoms with Gasteiger partial charge < -0.3 is 9.47 Å². The summed E-state index contributed by atoms with van der Waals surface area (Å²) in [6.45, 7) is 7.00. The van der Waals surface area contributed by atoms with Crippen molar-refractivity contribution in [2.24, 2.45) is 7.05 Å². The van der Waals surface area contributed by atoms with Gasteiger partial charge in [0.05, 0.1) is 0 Å². The van der Waals surface area contributed by atoms with Gasteiger partial charge in [0.25, 0.3) is 0 Å². The molecule has 2 aromatic rings. The lowest BCUT2D eigenvalue weighted by Crippen LogP contribution is -2.33. The second kappa shape index (κ2) is 11.1. The molecule has 30 heavy (non-hydrogen) atoms. The second-order valence-corrected chi connectivity index (χ2v) is 9.60. The molecule has 3 heterocycles. The van der Waals surface area contributed by atoms with Crippen LogP contribution in [-0.4, -0.2) is 69.6 Å². The Labute approximate surface area is 185 Å². The maximum atomic E-state index is 4.58. The molecule has 6 heteroatoms. The molecule has 5 nitrogen and oxygen atoms in total. The summed E-state index contributed by atoms with van der Waals surface area (Å²) < 4.78 is 2.25. The van der Waals surface area contributed by atoms with Gasteiger partial charge in [0.15, 0.2) is 5.16 Å². The van der Waals surface area contributed by atoms with Gasteiger partial charge in [-0.25, -0.2) is 0 Å². The lowest BCUT2D eigenvalue weighted by atomic mass is 9.96. The number of hydrogen-bond donors (Lipinski definition) is 0. The van der Waals surface area contributed by atoms with Gasteiger partial charge in [-0.05, 0) is 57.4 Å². The Morgan fingerprint density at radius 3 is 2.50 bits per heavy atom. The standard InChI is InChI=1S/C24H35N5S/c1-27-23(25-26-24(27)30-20-19-28-14-6-3-7-15-28)22-12-17-29(18-13-22)16-8-11-21-9-4-2-5-10-21/h2,4-5,8-11,22H,3,6-7,12-20H2,1H3. The van der Waals surface area contributed by atoms with Crippen LogP contribution in [0.5, 0.6) is 0 Å². The first-order chi connectivity index (χ1) is 14.8. The van der Waals surface area contributed by atoms with Crippen LogP contribution in [0.2, 0.25) is 0 Å². The van der Waals surface area contributed by atoms with Gasteiger partial charge in [-0.3, -0.25) is 4.90 Å². The van der Waals surface area contributed by atoms with Gasteiger partial charge >= 0.3 is 0 Å². The molecule has 0 N–H and O–H groups in total. The predicted molar refractivity (Wildman–Crippen MR) is 126 cm³/mol. The molecule has 1 aromatic carbocycles. The van der Waals surface area contributed by atoms with Gasteiger partial charge in [-0.15, -0.1) is 10.2 Å². The number of nitrogens with zero attached hydrogens (tertiary/aromatic N) is 5. The van der Waals surface area contributed by atoms with E-state index in [4.69, 9.17) is 0 Å². The van der Waals surface area contributed by atoms with E-state index in [1.807, 2.05) is 11.8 Å². The molecular weight excluding hydrogens is 390 g/mol. The minimum Gasteiger partial charge on any atom is -0.309 e. The molecule has 0 unspecified atom stereocenters. The largest absolute Gasteiger partial charge is 0.309 e. The summed E-state index contributed by atoms with van der Waals surface area (Å²) in [5.41, 5.74) is 1.27. The topological polar surface area (TPSA) is 37.2 Å². The van der Waals surface area contributed by atoms with E-state index in [0.717, 1.165) is 30.5 Å². The van der Waals surface area contributed by atoms with Gasteiger partial charge in [0.2, 0.25) is 0 Å². The number of thioether (sulfide) groups is 1. The Bertz CT molecular complexity index is 789. The van der Waals surface area contributed by atoms with E-state index >= 15 is 0 Å². The fraction of sp³-hybridized carbons (Fsp3) is 0.583. The average Bonchev–Trinajstić information content (AvgIpc) is 3.16. The van der Waals surface area contributed by atoms with Gasteiger partial charge in [0, 0.05) is 31.8 Å². The zero-order valence-electron chi connectivity index (χ0n) is 18.2. The molecule has 0 spiro atoms. The number of aromatic nitrogens is 3. The number of rotatable bonds is 8. The molecule has 0 aliphatic carbocycles. The highest BCUT2D eigenvalue weighted by molar-refractivity contribution is 7.99. The summed E-state index contributed by atoms with van der Waals surface area (Å²) in [6, 6.07) is 10.5. The molecule has 0 bridgehead atoms. The summed E-state index contributed by atoms with van der Waals surface area (Å²) in [5, 5.41) is 10.2. The Hall–Kier alpha value is -1.63. The summed E-state index contributed by atoms with van der Waals surface area (Å²) in [4.78, 5) is 5.14. The van der Waals surface area contributed by atoms with Crippen LogP contribution in [0.1, 0.15) is 49.4 Å². The third kappa shape index (κ3) is 5.96. The average molecular weight is 426 g/mol. The fourth-order valence-corrected chi connectivity index (χ4v) is 5.45. The molecule has 2 saturated heterocycles. The van der Waals surface area contributed by atoms with E-state index in [0.29, 0.717) is 5.92 Å². The molecule has 0 radical (unpaired) electrons. The molecule has 2 aliphatic heterocycles. The van der Waals surface area contributed by atoms with Crippen LogP contribution in [0.25, 0.3) is 6.08 Å². The third-order valence-corrected chi connectivity index (χ3v) is 7.38. The van der Waals surface area contributed by atoms with Crippen LogP contribution in [0, 0.1) is 0 Å². The molecular formula is C24H35N5S. The van der Waals surface area contributed by atoms with Crippen molar-refractivity contribution in [2.75, 3.05) is 45.0 Å². The molecule has 1 aromatic heterocycles. The highest BCUT2D eigenvalue weighted by Gasteiger charge is 2.25. The summed E-state index contributed by atoms with van der Waals surface area (Å²) in [7, 11) is 2.15. The van der Waals surface area contributed by atoms with Crippen molar-refractivity contribution < 1.29 is 0 Å². The Morgan fingerprint density at radius 2 is 1.73 bits per heavy atom. The minimum absolute atomic E-state index is 0.535. The van der Waals surface area contributed by atoms with Crippen molar-refractivity contribution >= 4 is 17.8 Å². The minimum atomic E-state index is 0.535. The van der Waals surface area contributed by atoms with E-state index < -0.39 is 0 Å². The van der Waals surface area contributed by atoms with Crippen LogP contribution < -0.4 is 0 Å². The first kappa shape index (κ1) is 21.6.